The molecule has 1 aromatic rings. The molecule has 6 heteroatoms. The highest BCUT2D eigenvalue weighted by molar-refractivity contribution is 5.40. The normalized spacial score (nSPS) is 13.4. The van der Waals surface area contributed by atoms with Crippen LogP contribution in [0.15, 0.2) is 18.2 Å². The maximum absolute atomic E-state index is 12.6. The van der Waals surface area contributed by atoms with E-state index < -0.39 is 11.7 Å². The molecule has 0 radical (unpaired) electrons. The summed E-state index contributed by atoms with van der Waals surface area (Å²) in [5, 5.41) is 0. The molecule has 4 N–H and O–H groups in total. The summed E-state index contributed by atoms with van der Waals surface area (Å²) in [5.74, 6) is 0.176. The van der Waals surface area contributed by atoms with Crippen molar-refractivity contribution in [1.29, 1.82) is 0 Å². The molecule has 108 valence electrons. The van der Waals surface area contributed by atoms with E-state index in [-0.39, 0.29) is 11.8 Å². The summed E-state index contributed by atoms with van der Waals surface area (Å²) in [5.41, 5.74) is 11.2. The number of unbranched alkanes of at least 4 members (excludes halogenated alkanes) is 1. The molecule has 1 atom stereocenters. The topological polar surface area (TPSA) is 61.3 Å². The van der Waals surface area contributed by atoms with Crippen LogP contribution in [0.1, 0.15) is 36.4 Å². The van der Waals surface area contributed by atoms with E-state index >= 15 is 0 Å². The second kappa shape index (κ2) is 6.77. The van der Waals surface area contributed by atoms with Crippen LogP contribution in [0.5, 0.6) is 5.75 Å². The minimum atomic E-state index is -4.38. The van der Waals surface area contributed by atoms with E-state index in [9.17, 15) is 13.2 Å². The Morgan fingerprint density at radius 2 is 1.95 bits per heavy atom. The van der Waals surface area contributed by atoms with E-state index in [1.165, 1.54) is 13.2 Å². The van der Waals surface area contributed by atoms with Crippen LogP contribution in [-0.2, 0) is 6.18 Å². The first kappa shape index (κ1) is 15.8. The Bertz CT molecular complexity index is 407. The molecular formula is C13H19F3N2O. The number of benzene rings is 1. The second-order valence-electron chi connectivity index (χ2n) is 4.35. The highest BCUT2D eigenvalue weighted by Crippen LogP contribution is 2.35. The third-order valence-corrected chi connectivity index (χ3v) is 2.93. The van der Waals surface area contributed by atoms with Gasteiger partial charge in [0.05, 0.1) is 12.7 Å². The van der Waals surface area contributed by atoms with Gasteiger partial charge >= 0.3 is 6.18 Å². The van der Waals surface area contributed by atoms with Crippen LogP contribution in [0.25, 0.3) is 0 Å². The van der Waals surface area contributed by atoms with Crippen molar-refractivity contribution in [2.75, 3.05) is 13.7 Å². The molecule has 0 bridgehead atoms. The van der Waals surface area contributed by atoms with Gasteiger partial charge in [-0.25, -0.2) is 0 Å². The molecule has 0 aliphatic heterocycles. The summed E-state index contributed by atoms with van der Waals surface area (Å²) in [7, 11) is 1.34. The van der Waals surface area contributed by atoms with Gasteiger partial charge < -0.3 is 16.2 Å². The summed E-state index contributed by atoms with van der Waals surface area (Å²) in [6.07, 6.45) is -2.03. The van der Waals surface area contributed by atoms with Gasteiger partial charge in [0, 0.05) is 11.6 Å². The number of rotatable bonds is 6. The lowest BCUT2D eigenvalue weighted by atomic mass is 9.99. The first-order chi connectivity index (χ1) is 8.90. The summed E-state index contributed by atoms with van der Waals surface area (Å²) < 4.78 is 42.8. The minimum Gasteiger partial charge on any atom is -0.496 e. The van der Waals surface area contributed by atoms with Crippen molar-refractivity contribution in [3.63, 3.8) is 0 Å². The van der Waals surface area contributed by atoms with Crippen molar-refractivity contribution in [3.8, 4) is 5.75 Å². The molecule has 0 aliphatic carbocycles. The lowest BCUT2D eigenvalue weighted by molar-refractivity contribution is -0.137. The van der Waals surface area contributed by atoms with Gasteiger partial charge in [-0.1, -0.05) is 12.5 Å². The molecule has 0 aromatic heterocycles. The molecule has 0 spiro atoms. The fourth-order valence-corrected chi connectivity index (χ4v) is 1.86. The second-order valence-corrected chi connectivity index (χ2v) is 4.35. The van der Waals surface area contributed by atoms with E-state index in [0.717, 1.165) is 25.0 Å². The smallest absolute Gasteiger partial charge is 0.416 e. The number of hydrogen-bond acceptors (Lipinski definition) is 3. The van der Waals surface area contributed by atoms with Crippen molar-refractivity contribution in [3.05, 3.63) is 29.3 Å². The van der Waals surface area contributed by atoms with E-state index in [0.29, 0.717) is 18.5 Å². The summed E-state index contributed by atoms with van der Waals surface area (Å²) >= 11 is 0. The minimum absolute atomic E-state index is 0.176. The van der Waals surface area contributed by atoms with Gasteiger partial charge in [-0.2, -0.15) is 13.2 Å². The number of nitrogens with two attached hydrogens (primary N) is 2. The number of ether oxygens (including phenoxy) is 1. The van der Waals surface area contributed by atoms with Gasteiger partial charge in [-0.3, -0.25) is 0 Å². The molecule has 19 heavy (non-hydrogen) atoms. The monoisotopic (exact) mass is 276 g/mol. The number of hydrogen-bond donors (Lipinski definition) is 2. The Balaban J connectivity index is 2.89. The zero-order valence-corrected chi connectivity index (χ0v) is 10.8. The van der Waals surface area contributed by atoms with Crippen molar-refractivity contribution in [1.82, 2.24) is 0 Å². The summed E-state index contributed by atoms with van der Waals surface area (Å²) in [6, 6.07) is 3.05. The third kappa shape index (κ3) is 4.40. The molecule has 1 aromatic carbocycles. The average molecular weight is 276 g/mol. The van der Waals surface area contributed by atoms with Crippen molar-refractivity contribution >= 4 is 0 Å². The molecule has 0 unspecified atom stereocenters. The molecule has 0 amide bonds. The maximum Gasteiger partial charge on any atom is 0.416 e. The fourth-order valence-electron chi connectivity index (χ4n) is 1.86. The number of methoxy groups -OCH3 is 1. The van der Waals surface area contributed by atoms with Crippen LogP contribution in [0.2, 0.25) is 0 Å². The van der Waals surface area contributed by atoms with Crippen LogP contribution in [0.4, 0.5) is 13.2 Å². The quantitative estimate of drug-likeness (QED) is 0.785. The zero-order chi connectivity index (χ0) is 14.5. The molecule has 0 saturated carbocycles. The SMILES string of the molecule is COc1cc(C(F)(F)F)ccc1[C@@H](N)CCCCN. The molecule has 1 rings (SSSR count). The molecule has 3 nitrogen and oxygen atoms in total. The fraction of sp³-hybridized carbons (Fsp3) is 0.538. The van der Waals surface area contributed by atoms with Crippen molar-refractivity contribution in [2.24, 2.45) is 11.5 Å². The maximum atomic E-state index is 12.6. The van der Waals surface area contributed by atoms with E-state index in [2.05, 4.69) is 0 Å². The van der Waals surface area contributed by atoms with E-state index in [1.807, 2.05) is 0 Å². The third-order valence-electron chi connectivity index (χ3n) is 2.93. The van der Waals surface area contributed by atoms with Crippen LogP contribution < -0.4 is 16.2 Å². The van der Waals surface area contributed by atoms with Gasteiger partial charge in [0.25, 0.3) is 0 Å². The Morgan fingerprint density at radius 3 is 2.47 bits per heavy atom. The molecule has 0 heterocycles. The highest BCUT2D eigenvalue weighted by atomic mass is 19.4. The van der Waals surface area contributed by atoms with Crippen LogP contribution in [0, 0.1) is 0 Å². The molecule has 0 fully saturated rings. The number of halogens is 3. The standard InChI is InChI=1S/C13H19F3N2O/c1-19-12-8-9(13(14,15)16)5-6-10(12)11(18)4-2-3-7-17/h5-6,8,11H,2-4,7,17-18H2,1H3/t11-/m0/s1. The first-order valence-electron chi connectivity index (χ1n) is 6.11. The Kier molecular flexibility index (Phi) is 5.62. The van der Waals surface area contributed by atoms with E-state index in [4.69, 9.17) is 16.2 Å². The Morgan fingerprint density at radius 1 is 1.26 bits per heavy atom. The highest BCUT2D eigenvalue weighted by Gasteiger charge is 2.31. The van der Waals surface area contributed by atoms with Gasteiger partial charge in [-0.05, 0) is 31.5 Å². The van der Waals surface area contributed by atoms with Crippen molar-refractivity contribution in [2.45, 2.75) is 31.5 Å². The predicted octanol–water partition coefficient (Wildman–Crippen LogP) is 2.84. The van der Waals surface area contributed by atoms with Gasteiger partial charge in [0.1, 0.15) is 5.75 Å². The molecule has 0 saturated heterocycles. The number of alkyl halides is 3. The van der Waals surface area contributed by atoms with Gasteiger partial charge in [-0.15, -0.1) is 0 Å². The lowest BCUT2D eigenvalue weighted by Gasteiger charge is -2.17. The van der Waals surface area contributed by atoms with Crippen LogP contribution in [-0.4, -0.2) is 13.7 Å². The van der Waals surface area contributed by atoms with Gasteiger partial charge in [0.15, 0.2) is 0 Å². The zero-order valence-electron chi connectivity index (χ0n) is 10.8. The Hall–Kier alpha value is -1.27. The first-order valence-corrected chi connectivity index (χ1v) is 6.11. The van der Waals surface area contributed by atoms with Crippen molar-refractivity contribution < 1.29 is 17.9 Å². The average Bonchev–Trinajstić information content (AvgIpc) is 2.37. The van der Waals surface area contributed by atoms with E-state index in [1.54, 1.807) is 0 Å². The van der Waals surface area contributed by atoms with Crippen LogP contribution in [0.3, 0.4) is 0 Å². The summed E-state index contributed by atoms with van der Waals surface area (Å²) in [4.78, 5) is 0. The lowest BCUT2D eigenvalue weighted by Crippen LogP contribution is -2.13. The summed E-state index contributed by atoms with van der Waals surface area (Å²) in [6.45, 7) is 0.580. The largest absolute Gasteiger partial charge is 0.496 e. The van der Waals surface area contributed by atoms with Crippen LogP contribution >= 0.6 is 0 Å². The molecular weight excluding hydrogens is 257 g/mol. The van der Waals surface area contributed by atoms with Gasteiger partial charge in [0.2, 0.25) is 0 Å². The molecule has 0 aliphatic rings. The predicted molar refractivity (Wildman–Crippen MR) is 67.8 cm³/mol. The Labute approximate surface area is 110 Å².